The van der Waals surface area contributed by atoms with Crippen molar-refractivity contribution in [1.29, 1.82) is 0 Å². The van der Waals surface area contributed by atoms with Crippen molar-refractivity contribution in [3.8, 4) is 10.8 Å². The molecule has 0 amide bonds. The molecule has 0 saturated carbocycles. The van der Waals surface area contributed by atoms with Crippen LogP contribution in [0.5, 0.6) is 0 Å². The molecular formula is C17H22N4O2S. The van der Waals surface area contributed by atoms with Gasteiger partial charge >= 0.3 is 0 Å². The molecule has 0 bridgehead atoms. The highest BCUT2D eigenvalue weighted by Gasteiger charge is 2.42. The fourth-order valence-electron chi connectivity index (χ4n) is 3.49. The first-order valence-electron chi connectivity index (χ1n) is 8.30. The molecule has 128 valence electrons. The molecule has 0 aliphatic carbocycles. The lowest BCUT2D eigenvalue weighted by molar-refractivity contribution is 0.156. The molecule has 2 fully saturated rings. The summed E-state index contributed by atoms with van der Waals surface area (Å²) in [6.45, 7) is 4.44. The van der Waals surface area contributed by atoms with E-state index in [2.05, 4.69) is 20.2 Å². The second-order valence-electron chi connectivity index (χ2n) is 6.50. The third kappa shape index (κ3) is 3.06. The summed E-state index contributed by atoms with van der Waals surface area (Å²) in [4.78, 5) is 12.4. The maximum Gasteiger partial charge on any atom is 0.236 e. The molecule has 1 unspecified atom stereocenters. The highest BCUT2D eigenvalue weighted by molar-refractivity contribution is 7.13. The summed E-state index contributed by atoms with van der Waals surface area (Å²) in [5, 5.41) is 5.43. The Morgan fingerprint density at radius 1 is 1.50 bits per heavy atom. The molecule has 4 heterocycles. The number of nitrogens with zero attached hydrogens (tertiary/aromatic N) is 3. The molecule has 24 heavy (non-hydrogen) atoms. The highest BCUT2D eigenvalue weighted by atomic mass is 32.1. The van der Waals surface area contributed by atoms with Crippen LogP contribution in [0, 0.1) is 5.41 Å². The van der Waals surface area contributed by atoms with Gasteiger partial charge in [-0.05, 0) is 24.3 Å². The minimum absolute atomic E-state index is 0.331. The predicted octanol–water partition coefficient (Wildman–Crippen LogP) is 2.59. The van der Waals surface area contributed by atoms with E-state index in [9.17, 15) is 0 Å². The molecule has 7 heteroatoms. The van der Waals surface area contributed by atoms with E-state index < -0.39 is 0 Å². The Morgan fingerprint density at radius 2 is 2.46 bits per heavy atom. The summed E-state index contributed by atoms with van der Waals surface area (Å²) in [6, 6.07) is 4.01. The number of thiophene rings is 1. The van der Waals surface area contributed by atoms with Crippen LogP contribution in [0.3, 0.4) is 0 Å². The van der Waals surface area contributed by atoms with Crippen LogP contribution in [-0.4, -0.2) is 49.2 Å². The quantitative estimate of drug-likeness (QED) is 0.684. The number of ether oxygens (including phenoxy) is 1. The second kappa shape index (κ2) is 6.57. The Hall–Kier alpha value is -1.86. The molecule has 0 radical (unpaired) electrons. The number of oxazole rings is 1. The summed E-state index contributed by atoms with van der Waals surface area (Å²) in [5.41, 5.74) is 1.22. The maximum atomic E-state index is 5.60. The molecule has 0 aromatic carbocycles. The van der Waals surface area contributed by atoms with Gasteiger partial charge in [-0.3, -0.25) is 4.99 Å². The summed E-state index contributed by atoms with van der Waals surface area (Å²) >= 11 is 1.63. The lowest BCUT2D eigenvalue weighted by Crippen LogP contribution is -2.41. The minimum atomic E-state index is 0.331. The zero-order valence-electron chi connectivity index (χ0n) is 13.8. The third-order valence-electron chi connectivity index (χ3n) is 4.85. The van der Waals surface area contributed by atoms with Crippen LogP contribution in [0.2, 0.25) is 0 Å². The van der Waals surface area contributed by atoms with Crippen molar-refractivity contribution in [3.05, 3.63) is 29.5 Å². The van der Waals surface area contributed by atoms with Gasteiger partial charge in [0.25, 0.3) is 0 Å². The van der Waals surface area contributed by atoms with Crippen LogP contribution >= 0.6 is 11.3 Å². The van der Waals surface area contributed by atoms with Crippen LogP contribution in [0.15, 0.2) is 33.2 Å². The number of rotatable bonds is 3. The topological polar surface area (TPSA) is 62.9 Å². The highest BCUT2D eigenvalue weighted by Crippen LogP contribution is 2.38. The van der Waals surface area contributed by atoms with E-state index >= 15 is 0 Å². The van der Waals surface area contributed by atoms with Crippen LogP contribution in [-0.2, 0) is 11.3 Å². The van der Waals surface area contributed by atoms with Gasteiger partial charge in [0, 0.05) is 32.2 Å². The minimum Gasteiger partial charge on any atom is -0.443 e. The normalized spacial score (nSPS) is 24.2. The lowest BCUT2D eigenvalue weighted by atomic mass is 9.87. The van der Waals surface area contributed by atoms with Crippen LogP contribution < -0.4 is 5.32 Å². The van der Waals surface area contributed by atoms with Gasteiger partial charge in [-0.2, -0.15) is 0 Å². The van der Waals surface area contributed by atoms with E-state index in [0.717, 1.165) is 49.3 Å². The maximum absolute atomic E-state index is 5.60. The van der Waals surface area contributed by atoms with Gasteiger partial charge in [-0.1, -0.05) is 6.07 Å². The van der Waals surface area contributed by atoms with E-state index in [4.69, 9.17) is 9.15 Å². The van der Waals surface area contributed by atoms with Gasteiger partial charge < -0.3 is 19.4 Å². The van der Waals surface area contributed by atoms with E-state index in [1.54, 1.807) is 17.6 Å². The number of aliphatic imine (C=N–C) groups is 1. The fourth-order valence-corrected chi connectivity index (χ4v) is 4.15. The van der Waals surface area contributed by atoms with Crippen LogP contribution in [0.4, 0.5) is 0 Å². The zero-order valence-corrected chi connectivity index (χ0v) is 14.6. The van der Waals surface area contributed by atoms with Gasteiger partial charge in [0.2, 0.25) is 5.89 Å². The summed E-state index contributed by atoms with van der Waals surface area (Å²) in [5.74, 6) is 1.61. The van der Waals surface area contributed by atoms with Crippen molar-refractivity contribution in [2.45, 2.75) is 19.4 Å². The van der Waals surface area contributed by atoms with Crippen molar-refractivity contribution in [1.82, 2.24) is 15.2 Å². The van der Waals surface area contributed by atoms with E-state index in [-0.39, 0.29) is 0 Å². The van der Waals surface area contributed by atoms with Gasteiger partial charge in [-0.15, -0.1) is 11.3 Å². The first-order valence-corrected chi connectivity index (χ1v) is 9.18. The average Bonchev–Trinajstić information content (AvgIpc) is 3.37. The SMILES string of the molecule is CN=C(NCc1coc(-c2cccs2)n1)N1CCC2(CCOC2)C1. The molecule has 1 atom stereocenters. The number of likely N-dealkylation sites (tertiary alicyclic amines) is 1. The van der Waals surface area contributed by atoms with Gasteiger partial charge in [0.1, 0.15) is 6.26 Å². The fraction of sp³-hybridized carbons (Fsp3) is 0.529. The van der Waals surface area contributed by atoms with Gasteiger partial charge in [-0.25, -0.2) is 4.98 Å². The van der Waals surface area contributed by atoms with Gasteiger partial charge in [0.15, 0.2) is 5.96 Å². The average molecular weight is 346 g/mol. The molecular weight excluding hydrogens is 324 g/mol. The molecule has 2 aliphatic heterocycles. The lowest BCUT2D eigenvalue weighted by Gasteiger charge is -2.24. The van der Waals surface area contributed by atoms with E-state index in [1.165, 1.54) is 6.42 Å². The number of hydrogen-bond acceptors (Lipinski definition) is 5. The Balaban J connectivity index is 1.36. The second-order valence-corrected chi connectivity index (χ2v) is 7.44. The summed E-state index contributed by atoms with van der Waals surface area (Å²) in [7, 11) is 1.83. The van der Waals surface area contributed by atoms with Crippen molar-refractivity contribution >= 4 is 17.3 Å². The molecule has 1 spiro atoms. The molecule has 2 aromatic rings. The molecule has 6 nitrogen and oxygen atoms in total. The van der Waals surface area contributed by atoms with Crippen molar-refractivity contribution in [3.63, 3.8) is 0 Å². The zero-order chi connectivity index (χ0) is 16.4. The largest absolute Gasteiger partial charge is 0.443 e. The van der Waals surface area contributed by atoms with Crippen LogP contribution in [0.1, 0.15) is 18.5 Å². The predicted molar refractivity (Wildman–Crippen MR) is 94.1 cm³/mol. The Morgan fingerprint density at radius 3 is 3.21 bits per heavy atom. The Kier molecular flexibility index (Phi) is 4.28. The van der Waals surface area contributed by atoms with E-state index in [0.29, 0.717) is 17.9 Å². The smallest absolute Gasteiger partial charge is 0.236 e. The number of guanidine groups is 1. The Bertz CT molecular complexity index is 704. The van der Waals surface area contributed by atoms with Crippen molar-refractivity contribution < 1.29 is 9.15 Å². The van der Waals surface area contributed by atoms with Crippen LogP contribution in [0.25, 0.3) is 10.8 Å². The number of aromatic nitrogens is 1. The van der Waals surface area contributed by atoms with Crippen molar-refractivity contribution in [2.75, 3.05) is 33.4 Å². The summed E-state index contributed by atoms with van der Waals surface area (Å²) < 4.78 is 11.2. The Labute approximate surface area is 145 Å². The van der Waals surface area contributed by atoms with Crippen molar-refractivity contribution in [2.24, 2.45) is 10.4 Å². The number of hydrogen-bond donors (Lipinski definition) is 1. The molecule has 2 saturated heterocycles. The number of nitrogens with one attached hydrogen (secondary N) is 1. The van der Waals surface area contributed by atoms with Gasteiger partial charge in [0.05, 0.1) is 23.7 Å². The first-order chi connectivity index (χ1) is 11.8. The molecule has 2 aliphatic rings. The first kappa shape index (κ1) is 15.7. The van der Waals surface area contributed by atoms with E-state index in [1.807, 2.05) is 24.6 Å². The monoisotopic (exact) mass is 346 g/mol. The molecule has 2 aromatic heterocycles. The standard InChI is InChI=1S/C17H22N4O2S/c1-18-16(21-6-4-17(11-21)5-7-22-12-17)19-9-13-10-23-15(20-13)14-3-2-8-24-14/h2-3,8,10H,4-7,9,11-12H2,1H3,(H,18,19). The molecule has 1 N–H and O–H groups in total. The molecule has 4 rings (SSSR count). The summed E-state index contributed by atoms with van der Waals surface area (Å²) in [6.07, 6.45) is 4.06. The third-order valence-corrected chi connectivity index (χ3v) is 5.70.